The average Bonchev–Trinajstić information content (AvgIpc) is 3.11. The van der Waals surface area contributed by atoms with Gasteiger partial charge < -0.3 is 15.1 Å². The minimum absolute atomic E-state index is 0.207. The van der Waals surface area contributed by atoms with E-state index in [9.17, 15) is 9.59 Å². The van der Waals surface area contributed by atoms with Gasteiger partial charge in [-0.1, -0.05) is 6.07 Å². The van der Waals surface area contributed by atoms with E-state index in [1.165, 1.54) is 6.26 Å². The maximum atomic E-state index is 12.4. The molecule has 2 aromatic heterocycles. The molecular formula is C19H17N3O3. The summed E-state index contributed by atoms with van der Waals surface area (Å²) in [5, 5.41) is 5.50. The van der Waals surface area contributed by atoms with Crippen molar-refractivity contribution in [3.8, 4) is 0 Å². The van der Waals surface area contributed by atoms with Crippen LogP contribution in [0.25, 0.3) is 0 Å². The molecule has 0 unspecified atom stereocenters. The normalized spacial score (nSPS) is 10.3. The average molecular weight is 335 g/mol. The predicted molar refractivity (Wildman–Crippen MR) is 94.8 cm³/mol. The number of carbonyl (C=O) groups excluding carboxylic acids is 2. The first-order chi connectivity index (χ1) is 12.0. The van der Waals surface area contributed by atoms with E-state index in [1.54, 1.807) is 42.6 Å². The number of furan rings is 1. The van der Waals surface area contributed by atoms with Crippen LogP contribution in [0, 0.1) is 13.8 Å². The van der Waals surface area contributed by atoms with Gasteiger partial charge in [0.05, 0.1) is 6.26 Å². The zero-order valence-electron chi connectivity index (χ0n) is 13.9. The Balaban J connectivity index is 1.78. The number of carbonyl (C=O) groups is 2. The van der Waals surface area contributed by atoms with Crippen molar-refractivity contribution >= 4 is 23.3 Å². The molecule has 0 bridgehead atoms. The van der Waals surface area contributed by atoms with Gasteiger partial charge in [-0.2, -0.15) is 0 Å². The summed E-state index contributed by atoms with van der Waals surface area (Å²) in [6, 6.07) is 11.9. The van der Waals surface area contributed by atoms with Crippen LogP contribution in [0.4, 0.5) is 11.5 Å². The van der Waals surface area contributed by atoms with E-state index in [0.29, 0.717) is 17.1 Å². The largest absolute Gasteiger partial charge is 0.459 e. The van der Waals surface area contributed by atoms with Gasteiger partial charge in [0.2, 0.25) is 0 Å². The Morgan fingerprint density at radius 2 is 1.84 bits per heavy atom. The SMILES string of the molecule is Cc1ccnc(NC(=O)c2ccc(C)c(NC(=O)c3ccco3)c2)c1. The number of anilines is 2. The molecular weight excluding hydrogens is 318 g/mol. The highest BCUT2D eigenvalue weighted by Crippen LogP contribution is 2.19. The lowest BCUT2D eigenvalue weighted by Crippen LogP contribution is -2.15. The van der Waals surface area contributed by atoms with Gasteiger partial charge in [-0.3, -0.25) is 9.59 Å². The highest BCUT2D eigenvalue weighted by atomic mass is 16.3. The fourth-order valence-electron chi connectivity index (χ4n) is 2.28. The zero-order chi connectivity index (χ0) is 17.8. The third kappa shape index (κ3) is 3.92. The van der Waals surface area contributed by atoms with Crippen molar-refractivity contribution < 1.29 is 14.0 Å². The summed E-state index contributed by atoms with van der Waals surface area (Å²) in [6.45, 7) is 3.77. The monoisotopic (exact) mass is 335 g/mol. The second kappa shape index (κ2) is 7.00. The molecule has 0 saturated heterocycles. The van der Waals surface area contributed by atoms with Crippen LogP contribution in [0.5, 0.6) is 0 Å². The van der Waals surface area contributed by atoms with Gasteiger partial charge >= 0.3 is 0 Å². The second-order valence-electron chi connectivity index (χ2n) is 5.63. The van der Waals surface area contributed by atoms with E-state index in [-0.39, 0.29) is 17.6 Å². The molecule has 0 fully saturated rings. The molecule has 6 nitrogen and oxygen atoms in total. The number of hydrogen-bond donors (Lipinski definition) is 2. The highest BCUT2D eigenvalue weighted by molar-refractivity contribution is 6.06. The van der Waals surface area contributed by atoms with Crippen molar-refractivity contribution in [2.24, 2.45) is 0 Å². The van der Waals surface area contributed by atoms with Crippen LogP contribution in [-0.4, -0.2) is 16.8 Å². The Hall–Kier alpha value is -3.41. The fourth-order valence-corrected chi connectivity index (χ4v) is 2.28. The molecule has 2 N–H and O–H groups in total. The first-order valence-corrected chi connectivity index (χ1v) is 7.72. The number of benzene rings is 1. The topological polar surface area (TPSA) is 84.2 Å². The van der Waals surface area contributed by atoms with Crippen molar-refractivity contribution in [1.82, 2.24) is 4.98 Å². The summed E-state index contributed by atoms with van der Waals surface area (Å²) in [5.41, 5.74) is 2.81. The van der Waals surface area contributed by atoms with E-state index in [4.69, 9.17) is 4.42 Å². The Labute approximate surface area is 144 Å². The molecule has 0 spiro atoms. The van der Waals surface area contributed by atoms with Gasteiger partial charge in [0, 0.05) is 17.4 Å². The van der Waals surface area contributed by atoms with Gasteiger partial charge in [0.25, 0.3) is 11.8 Å². The smallest absolute Gasteiger partial charge is 0.291 e. The van der Waals surface area contributed by atoms with Crippen molar-refractivity contribution in [1.29, 1.82) is 0 Å². The molecule has 0 aliphatic carbocycles. The van der Waals surface area contributed by atoms with Crippen molar-refractivity contribution in [3.63, 3.8) is 0 Å². The van der Waals surface area contributed by atoms with Crippen molar-refractivity contribution in [2.75, 3.05) is 10.6 Å². The minimum atomic E-state index is -0.369. The number of pyridine rings is 1. The fraction of sp³-hybridized carbons (Fsp3) is 0.105. The van der Waals surface area contributed by atoms with Gasteiger partial charge in [0.1, 0.15) is 5.82 Å². The summed E-state index contributed by atoms with van der Waals surface area (Å²) in [6.07, 6.45) is 3.07. The summed E-state index contributed by atoms with van der Waals surface area (Å²) in [4.78, 5) is 28.7. The molecule has 0 radical (unpaired) electrons. The Morgan fingerprint density at radius 1 is 1.00 bits per heavy atom. The molecule has 0 saturated carbocycles. The van der Waals surface area contributed by atoms with Crippen LogP contribution < -0.4 is 10.6 Å². The van der Waals surface area contributed by atoms with Gasteiger partial charge in [0.15, 0.2) is 5.76 Å². The summed E-state index contributed by atoms with van der Waals surface area (Å²) in [5.74, 6) is 0.0163. The molecule has 0 atom stereocenters. The molecule has 6 heteroatoms. The lowest BCUT2D eigenvalue weighted by molar-refractivity contribution is 0.0993. The number of hydrogen-bond acceptors (Lipinski definition) is 4. The zero-order valence-corrected chi connectivity index (χ0v) is 13.9. The van der Waals surface area contributed by atoms with E-state index >= 15 is 0 Å². The van der Waals surface area contributed by atoms with E-state index in [1.807, 2.05) is 19.9 Å². The molecule has 3 rings (SSSR count). The Morgan fingerprint density at radius 3 is 2.56 bits per heavy atom. The standard InChI is InChI=1S/C19H17N3O3/c1-12-7-8-20-17(10-12)22-18(23)14-6-5-13(2)15(11-14)21-19(24)16-4-3-9-25-16/h3-11H,1-2H3,(H,21,24)(H,20,22,23). The van der Waals surface area contributed by atoms with Gasteiger partial charge in [-0.25, -0.2) is 4.98 Å². The molecule has 25 heavy (non-hydrogen) atoms. The maximum absolute atomic E-state index is 12.4. The van der Waals surface area contributed by atoms with Crippen LogP contribution in [0.3, 0.4) is 0 Å². The van der Waals surface area contributed by atoms with Crippen molar-refractivity contribution in [3.05, 3.63) is 77.4 Å². The van der Waals surface area contributed by atoms with E-state index in [0.717, 1.165) is 11.1 Å². The highest BCUT2D eigenvalue weighted by Gasteiger charge is 2.13. The number of nitrogens with zero attached hydrogens (tertiary/aromatic N) is 1. The molecule has 3 aromatic rings. The van der Waals surface area contributed by atoms with Crippen molar-refractivity contribution in [2.45, 2.75) is 13.8 Å². The number of rotatable bonds is 4. The minimum Gasteiger partial charge on any atom is -0.459 e. The van der Waals surface area contributed by atoms with Crippen LogP contribution in [0.15, 0.2) is 59.3 Å². The number of aromatic nitrogens is 1. The van der Waals surface area contributed by atoms with E-state index < -0.39 is 0 Å². The van der Waals surface area contributed by atoms with Gasteiger partial charge in [-0.05, 0) is 61.4 Å². The summed E-state index contributed by atoms with van der Waals surface area (Å²) >= 11 is 0. The van der Waals surface area contributed by atoms with E-state index in [2.05, 4.69) is 15.6 Å². The van der Waals surface area contributed by atoms with Crippen LogP contribution in [0.1, 0.15) is 32.0 Å². The third-order valence-electron chi connectivity index (χ3n) is 3.65. The van der Waals surface area contributed by atoms with Crippen LogP contribution >= 0.6 is 0 Å². The summed E-state index contributed by atoms with van der Waals surface area (Å²) in [7, 11) is 0. The summed E-state index contributed by atoms with van der Waals surface area (Å²) < 4.78 is 5.08. The molecule has 2 heterocycles. The molecule has 0 aliphatic rings. The maximum Gasteiger partial charge on any atom is 0.291 e. The first kappa shape index (κ1) is 16.4. The number of amides is 2. The molecule has 1 aromatic carbocycles. The molecule has 2 amide bonds. The molecule has 0 aliphatic heterocycles. The number of aryl methyl sites for hydroxylation is 2. The van der Waals surface area contributed by atoms with Crippen LogP contribution in [-0.2, 0) is 0 Å². The Bertz CT molecular complexity index is 917. The first-order valence-electron chi connectivity index (χ1n) is 7.72. The predicted octanol–water partition coefficient (Wildman–Crippen LogP) is 3.80. The second-order valence-corrected chi connectivity index (χ2v) is 5.63. The lowest BCUT2D eigenvalue weighted by Gasteiger charge is -2.10. The third-order valence-corrected chi connectivity index (χ3v) is 3.65. The quantitative estimate of drug-likeness (QED) is 0.759. The Kier molecular flexibility index (Phi) is 4.61. The lowest BCUT2D eigenvalue weighted by atomic mass is 10.1. The van der Waals surface area contributed by atoms with Gasteiger partial charge in [-0.15, -0.1) is 0 Å². The number of nitrogens with one attached hydrogen (secondary N) is 2. The molecule has 126 valence electrons. The van der Waals surface area contributed by atoms with Crippen LogP contribution in [0.2, 0.25) is 0 Å².